The van der Waals surface area contributed by atoms with E-state index in [1.165, 1.54) is 12.1 Å². The van der Waals surface area contributed by atoms with Gasteiger partial charge in [0, 0.05) is 0 Å². The lowest BCUT2D eigenvalue weighted by molar-refractivity contribution is -0.118. The van der Waals surface area contributed by atoms with Gasteiger partial charge in [-0.2, -0.15) is 0 Å². The summed E-state index contributed by atoms with van der Waals surface area (Å²) < 4.78 is 25.1. The van der Waals surface area contributed by atoms with E-state index in [0.717, 1.165) is 0 Å². The zero-order chi connectivity index (χ0) is 11.3. The molecule has 0 aliphatic rings. The van der Waals surface area contributed by atoms with E-state index in [1.807, 2.05) is 4.72 Å². The molecule has 0 aliphatic carbocycles. The lowest BCUT2D eigenvalue weighted by atomic mass is 10.4. The largest absolute Gasteiger partial charge is 0.311 e. The van der Waals surface area contributed by atoms with Crippen molar-refractivity contribution >= 4 is 15.9 Å². The number of amides is 1. The van der Waals surface area contributed by atoms with E-state index in [2.05, 4.69) is 5.32 Å². The second-order valence-corrected chi connectivity index (χ2v) is 4.55. The minimum absolute atomic E-state index is 0.0357. The Labute approximate surface area is 88.5 Å². The van der Waals surface area contributed by atoms with Crippen LogP contribution in [-0.2, 0) is 14.8 Å². The van der Waals surface area contributed by atoms with Crippen LogP contribution in [0, 0.1) is 0 Å². The second kappa shape index (κ2) is 4.90. The predicted molar refractivity (Wildman–Crippen MR) is 55.7 cm³/mol. The van der Waals surface area contributed by atoms with Gasteiger partial charge >= 0.3 is 0 Å². The SMILES string of the molecule is CNCC(=O)NS(=O)(=O)c1ccccc1. The van der Waals surface area contributed by atoms with Gasteiger partial charge in [0.05, 0.1) is 11.4 Å². The summed E-state index contributed by atoms with van der Waals surface area (Å²) in [7, 11) is -2.16. The molecule has 0 bridgehead atoms. The van der Waals surface area contributed by atoms with Gasteiger partial charge in [-0.3, -0.25) is 4.79 Å². The van der Waals surface area contributed by atoms with Crippen molar-refractivity contribution in [1.29, 1.82) is 0 Å². The van der Waals surface area contributed by atoms with Gasteiger partial charge in [0.1, 0.15) is 0 Å². The Morgan fingerprint density at radius 2 is 1.87 bits per heavy atom. The number of rotatable bonds is 4. The minimum Gasteiger partial charge on any atom is -0.311 e. The normalized spacial score (nSPS) is 11.0. The molecule has 0 radical (unpaired) electrons. The van der Waals surface area contributed by atoms with Crippen LogP contribution in [-0.4, -0.2) is 27.9 Å². The number of hydrogen-bond acceptors (Lipinski definition) is 4. The summed E-state index contributed by atoms with van der Waals surface area (Å²) in [6.07, 6.45) is 0. The molecule has 0 atom stereocenters. The summed E-state index contributed by atoms with van der Waals surface area (Å²) in [5.74, 6) is -0.582. The highest BCUT2D eigenvalue weighted by molar-refractivity contribution is 7.90. The maximum absolute atomic E-state index is 11.6. The molecule has 2 N–H and O–H groups in total. The predicted octanol–water partition coefficient (Wildman–Crippen LogP) is -0.289. The molecule has 15 heavy (non-hydrogen) atoms. The van der Waals surface area contributed by atoms with E-state index in [0.29, 0.717) is 0 Å². The van der Waals surface area contributed by atoms with Crippen LogP contribution in [0.2, 0.25) is 0 Å². The van der Waals surface area contributed by atoms with Gasteiger partial charge in [0.25, 0.3) is 10.0 Å². The van der Waals surface area contributed by atoms with Gasteiger partial charge in [0.15, 0.2) is 0 Å². The van der Waals surface area contributed by atoms with Crippen molar-refractivity contribution in [2.24, 2.45) is 0 Å². The van der Waals surface area contributed by atoms with Crippen molar-refractivity contribution in [1.82, 2.24) is 10.0 Å². The van der Waals surface area contributed by atoms with Gasteiger partial charge in [-0.1, -0.05) is 18.2 Å². The van der Waals surface area contributed by atoms with Gasteiger partial charge in [-0.15, -0.1) is 0 Å². The first kappa shape index (κ1) is 11.7. The molecule has 0 aromatic heterocycles. The minimum atomic E-state index is -3.72. The Morgan fingerprint density at radius 3 is 2.40 bits per heavy atom. The summed E-state index contributed by atoms with van der Waals surface area (Å²) in [6.45, 7) is -0.0357. The van der Waals surface area contributed by atoms with Crippen molar-refractivity contribution in [3.05, 3.63) is 30.3 Å². The van der Waals surface area contributed by atoms with Crippen LogP contribution in [0.25, 0.3) is 0 Å². The maximum Gasteiger partial charge on any atom is 0.264 e. The molecule has 82 valence electrons. The average Bonchev–Trinajstić information content (AvgIpc) is 2.18. The van der Waals surface area contributed by atoms with E-state index in [9.17, 15) is 13.2 Å². The third-order valence-electron chi connectivity index (χ3n) is 1.64. The van der Waals surface area contributed by atoms with Crippen molar-refractivity contribution in [3.8, 4) is 0 Å². The van der Waals surface area contributed by atoms with Crippen molar-refractivity contribution in [3.63, 3.8) is 0 Å². The standard InChI is InChI=1S/C9H12N2O3S/c1-10-7-9(12)11-15(13,14)8-5-3-2-4-6-8/h2-6,10H,7H2,1H3,(H,11,12). The van der Waals surface area contributed by atoms with Crippen LogP contribution in [0.1, 0.15) is 0 Å². The van der Waals surface area contributed by atoms with E-state index < -0.39 is 15.9 Å². The monoisotopic (exact) mass is 228 g/mol. The Hall–Kier alpha value is -1.40. The molecule has 0 spiro atoms. The van der Waals surface area contributed by atoms with E-state index in [1.54, 1.807) is 25.2 Å². The highest BCUT2D eigenvalue weighted by atomic mass is 32.2. The fraction of sp³-hybridized carbons (Fsp3) is 0.222. The first-order valence-electron chi connectivity index (χ1n) is 4.31. The molecule has 1 aromatic carbocycles. The Morgan fingerprint density at radius 1 is 1.27 bits per heavy atom. The van der Waals surface area contributed by atoms with E-state index >= 15 is 0 Å². The quantitative estimate of drug-likeness (QED) is 0.742. The van der Waals surface area contributed by atoms with Gasteiger partial charge in [0.2, 0.25) is 5.91 Å². The lowest BCUT2D eigenvalue weighted by Gasteiger charge is -2.05. The Kier molecular flexibility index (Phi) is 3.81. The Balaban J connectivity index is 2.81. The van der Waals surface area contributed by atoms with Crippen LogP contribution in [0.4, 0.5) is 0 Å². The smallest absolute Gasteiger partial charge is 0.264 e. The second-order valence-electron chi connectivity index (χ2n) is 2.87. The first-order chi connectivity index (χ1) is 7.06. The molecule has 0 saturated heterocycles. The zero-order valence-corrected chi connectivity index (χ0v) is 9.04. The summed E-state index contributed by atoms with van der Waals surface area (Å²) in [4.78, 5) is 11.2. The van der Waals surface area contributed by atoms with E-state index in [4.69, 9.17) is 0 Å². The molecule has 5 nitrogen and oxygen atoms in total. The fourth-order valence-electron chi connectivity index (χ4n) is 1.01. The first-order valence-corrected chi connectivity index (χ1v) is 5.80. The van der Waals surface area contributed by atoms with Crippen molar-refractivity contribution in [2.75, 3.05) is 13.6 Å². The molecule has 0 saturated carbocycles. The third-order valence-corrected chi connectivity index (χ3v) is 3.03. The number of carbonyl (C=O) groups is 1. The van der Waals surface area contributed by atoms with Gasteiger partial charge in [-0.25, -0.2) is 13.1 Å². The van der Waals surface area contributed by atoms with Crippen LogP contribution >= 0.6 is 0 Å². The highest BCUT2D eigenvalue weighted by Gasteiger charge is 2.15. The number of benzene rings is 1. The molecule has 1 aromatic rings. The topological polar surface area (TPSA) is 75.3 Å². The lowest BCUT2D eigenvalue weighted by Crippen LogP contribution is -2.36. The van der Waals surface area contributed by atoms with Crippen LogP contribution in [0.3, 0.4) is 0 Å². The third kappa shape index (κ3) is 3.34. The fourth-order valence-corrected chi connectivity index (χ4v) is 2.01. The molecule has 0 fully saturated rings. The number of hydrogen-bond donors (Lipinski definition) is 2. The molecule has 0 heterocycles. The number of sulfonamides is 1. The maximum atomic E-state index is 11.6. The molecular weight excluding hydrogens is 216 g/mol. The van der Waals surface area contributed by atoms with E-state index in [-0.39, 0.29) is 11.4 Å². The summed E-state index contributed by atoms with van der Waals surface area (Å²) in [5, 5.41) is 2.57. The molecule has 0 unspecified atom stereocenters. The van der Waals surface area contributed by atoms with Gasteiger partial charge in [-0.05, 0) is 19.2 Å². The molecule has 1 rings (SSSR count). The average molecular weight is 228 g/mol. The van der Waals surface area contributed by atoms with Crippen LogP contribution < -0.4 is 10.0 Å². The summed E-state index contributed by atoms with van der Waals surface area (Å²) >= 11 is 0. The highest BCUT2D eigenvalue weighted by Crippen LogP contribution is 2.06. The molecule has 1 amide bonds. The Bertz CT molecular complexity index is 428. The number of carbonyl (C=O) groups excluding carboxylic acids is 1. The zero-order valence-electron chi connectivity index (χ0n) is 8.23. The number of nitrogens with one attached hydrogen (secondary N) is 2. The summed E-state index contributed by atoms with van der Waals surface area (Å²) in [6, 6.07) is 7.74. The van der Waals surface area contributed by atoms with Crippen LogP contribution in [0.15, 0.2) is 35.2 Å². The molecular formula is C9H12N2O3S. The van der Waals surface area contributed by atoms with Gasteiger partial charge < -0.3 is 5.32 Å². The van der Waals surface area contributed by atoms with Crippen molar-refractivity contribution < 1.29 is 13.2 Å². The molecule has 0 aliphatic heterocycles. The van der Waals surface area contributed by atoms with Crippen molar-refractivity contribution in [2.45, 2.75) is 4.90 Å². The van der Waals surface area contributed by atoms with Crippen LogP contribution in [0.5, 0.6) is 0 Å². The molecule has 6 heteroatoms. The number of likely N-dealkylation sites (N-methyl/N-ethyl adjacent to an activating group) is 1. The summed E-state index contributed by atoms with van der Waals surface area (Å²) in [5.41, 5.74) is 0.